The van der Waals surface area contributed by atoms with Crippen LogP contribution in [0.2, 0.25) is 0 Å². The molecule has 0 spiro atoms. The Morgan fingerprint density at radius 1 is 0.960 bits per heavy atom. The van der Waals surface area contributed by atoms with Crippen LogP contribution in [0.4, 0.5) is 4.79 Å². The first-order chi connectivity index (χ1) is 24.1. The van der Waals surface area contributed by atoms with Crippen LogP contribution < -0.4 is 11.1 Å². The number of hydrogen-bond acceptors (Lipinski definition) is 8. The molecule has 276 valence electrons. The number of β-lactam (4-membered cyclic amide) rings is 1. The number of carbonyl (C=O) groups is 5. The normalized spacial score (nSPS) is 23.7. The summed E-state index contributed by atoms with van der Waals surface area (Å²) in [6.45, 7) is 6.66. The molecule has 4 aliphatic rings. The zero-order chi connectivity index (χ0) is 36.0. The van der Waals surface area contributed by atoms with Crippen LogP contribution in [0, 0.1) is 23.2 Å². The number of likely N-dealkylation sites (tertiary alicyclic amines) is 2. The first-order valence-electron chi connectivity index (χ1n) is 18.2. The molecule has 4 fully saturated rings. The van der Waals surface area contributed by atoms with Crippen LogP contribution in [-0.2, 0) is 30.3 Å². The van der Waals surface area contributed by atoms with E-state index in [-0.39, 0.29) is 42.8 Å². The number of rotatable bonds is 11. The summed E-state index contributed by atoms with van der Waals surface area (Å²) in [5, 5.41) is 20.6. The highest BCUT2D eigenvalue weighted by Crippen LogP contribution is 2.36. The summed E-state index contributed by atoms with van der Waals surface area (Å²) >= 11 is 0. The quantitative estimate of drug-likeness (QED) is 0.0879. The van der Waals surface area contributed by atoms with Crippen LogP contribution in [0.5, 0.6) is 0 Å². The molecule has 0 radical (unpaired) electrons. The number of unbranched alkanes of at least 4 members (excludes halogenated alkanes) is 2. The SMILES string of the molecule is CCOC(=O)C1CCCNC1.N=C(N)N1CCC[C@@H](C[C@H]2C(=O)N(C(=O)N3CCN(C(=O)CCCCCc4ccccc4)CC3)C2C(=O)O)C1. The van der Waals surface area contributed by atoms with Crippen LogP contribution in [0.3, 0.4) is 0 Å². The van der Waals surface area contributed by atoms with Crippen molar-refractivity contribution in [2.45, 2.75) is 77.2 Å². The Balaban J connectivity index is 0.000000435. The minimum Gasteiger partial charge on any atom is -0.480 e. The zero-order valence-corrected chi connectivity index (χ0v) is 29.4. The third kappa shape index (κ3) is 10.6. The minimum absolute atomic E-state index is 0.0214. The fraction of sp³-hybridized carbons (Fsp3) is 0.667. The summed E-state index contributed by atoms with van der Waals surface area (Å²) in [6.07, 6.45) is 8.37. The summed E-state index contributed by atoms with van der Waals surface area (Å²) < 4.78 is 4.90. The van der Waals surface area contributed by atoms with Crippen LogP contribution in [0.1, 0.15) is 70.3 Å². The number of carboxylic acid groups (broad SMARTS) is 1. The Morgan fingerprint density at radius 2 is 1.68 bits per heavy atom. The van der Waals surface area contributed by atoms with E-state index in [1.165, 1.54) is 10.5 Å². The van der Waals surface area contributed by atoms with E-state index in [0.717, 1.165) is 69.4 Å². The fourth-order valence-corrected chi connectivity index (χ4v) is 7.31. The molecular formula is C36H55N7O7. The molecule has 4 heterocycles. The van der Waals surface area contributed by atoms with Crippen molar-refractivity contribution in [2.24, 2.45) is 23.5 Å². The Kier molecular flexibility index (Phi) is 14.9. The van der Waals surface area contributed by atoms with E-state index < -0.39 is 29.9 Å². The topological polar surface area (TPSA) is 190 Å². The van der Waals surface area contributed by atoms with Crippen molar-refractivity contribution >= 4 is 35.7 Å². The molecule has 4 amide bonds. The standard InChI is InChI=1S/C28H40N6O5.C8H15NO2/c29-27(30)33-13-7-11-21(19-33)18-22-24(26(37)38)34(25(22)36)28(39)32-16-14-31(15-17-32)23(35)12-6-2-5-10-20-8-3-1-4-9-20;1-2-11-8(10)7-4-3-5-9-6-7/h1,3-4,8-9,21-22,24H,2,5-7,10-19H2,(H3,29,30)(H,37,38);7,9H,2-6H2,1H3/t21-,22+,24?;/m0./s1. The van der Waals surface area contributed by atoms with Gasteiger partial charge in [-0.3, -0.25) is 19.8 Å². The first-order valence-corrected chi connectivity index (χ1v) is 18.2. The number of hydrogen-bond donors (Lipinski definition) is 4. The van der Waals surface area contributed by atoms with E-state index in [4.69, 9.17) is 15.9 Å². The average Bonchev–Trinajstić information content (AvgIpc) is 3.13. The Labute approximate surface area is 295 Å². The number of piperidine rings is 2. The molecule has 14 heteroatoms. The van der Waals surface area contributed by atoms with Gasteiger partial charge in [-0.05, 0) is 76.3 Å². The monoisotopic (exact) mass is 697 g/mol. The second kappa shape index (κ2) is 19.3. The maximum absolute atomic E-state index is 13.1. The van der Waals surface area contributed by atoms with E-state index in [2.05, 4.69) is 17.4 Å². The molecular weight excluding hydrogens is 642 g/mol. The molecule has 1 aromatic rings. The highest BCUT2D eigenvalue weighted by molar-refractivity contribution is 6.07. The molecule has 1 aromatic carbocycles. The largest absolute Gasteiger partial charge is 0.480 e. The van der Waals surface area contributed by atoms with E-state index >= 15 is 0 Å². The molecule has 0 aliphatic carbocycles. The van der Waals surface area contributed by atoms with Crippen LogP contribution in [0.25, 0.3) is 0 Å². The molecule has 0 bridgehead atoms. The third-order valence-corrected chi connectivity index (χ3v) is 10.1. The summed E-state index contributed by atoms with van der Waals surface area (Å²) in [5.41, 5.74) is 6.90. The third-order valence-electron chi connectivity index (χ3n) is 10.1. The van der Waals surface area contributed by atoms with Gasteiger partial charge < -0.3 is 35.6 Å². The Bertz CT molecular complexity index is 1310. The summed E-state index contributed by atoms with van der Waals surface area (Å²) in [5.74, 6) is -2.25. The van der Waals surface area contributed by atoms with Crippen molar-refractivity contribution in [1.29, 1.82) is 5.41 Å². The Morgan fingerprint density at radius 3 is 2.32 bits per heavy atom. The second-order valence-electron chi connectivity index (χ2n) is 13.7. The lowest BCUT2D eigenvalue weighted by atomic mass is 9.78. The molecule has 5 N–H and O–H groups in total. The number of aliphatic carboxylic acids is 1. The number of benzene rings is 1. The van der Waals surface area contributed by atoms with E-state index in [1.54, 1.807) is 9.80 Å². The molecule has 50 heavy (non-hydrogen) atoms. The van der Waals surface area contributed by atoms with Crippen molar-refractivity contribution in [2.75, 3.05) is 59.0 Å². The van der Waals surface area contributed by atoms with Gasteiger partial charge >= 0.3 is 18.0 Å². The first kappa shape index (κ1) is 38.6. The average molecular weight is 698 g/mol. The number of imide groups is 1. The van der Waals surface area contributed by atoms with Crippen molar-refractivity contribution in [3.63, 3.8) is 0 Å². The van der Waals surface area contributed by atoms with Gasteiger partial charge in [0, 0.05) is 52.2 Å². The molecule has 4 aliphatic heterocycles. The summed E-state index contributed by atoms with van der Waals surface area (Å²) in [7, 11) is 0. The maximum Gasteiger partial charge on any atom is 0.327 e. The van der Waals surface area contributed by atoms with Gasteiger partial charge in [-0.2, -0.15) is 0 Å². The molecule has 0 aromatic heterocycles. The molecule has 0 saturated carbocycles. The number of ether oxygens (including phenoxy) is 1. The molecule has 5 rings (SSSR count). The fourth-order valence-electron chi connectivity index (χ4n) is 7.31. The lowest BCUT2D eigenvalue weighted by molar-refractivity contribution is -0.167. The molecule has 4 saturated heterocycles. The zero-order valence-electron chi connectivity index (χ0n) is 29.4. The predicted molar refractivity (Wildman–Crippen MR) is 187 cm³/mol. The number of nitrogens with one attached hydrogen (secondary N) is 2. The Hall–Kier alpha value is -4.20. The number of urea groups is 1. The number of aryl methyl sites for hydroxylation is 1. The van der Waals surface area contributed by atoms with E-state index in [9.17, 15) is 29.1 Å². The van der Waals surface area contributed by atoms with Crippen molar-refractivity contribution < 1.29 is 33.8 Å². The summed E-state index contributed by atoms with van der Waals surface area (Å²) in [4.78, 5) is 67.8. The predicted octanol–water partition coefficient (Wildman–Crippen LogP) is 2.51. The number of amides is 4. The van der Waals surface area contributed by atoms with Gasteiger partial charge in [-0.1, -0.05) is 36.8 Å². The number of carboxylic acids is 1. The van der Waals surface area contributed by atoms with Gasteiger partial charge in [0.15, 0.2) is 12.0 Å². The van der Waals surface area contributed by atoms with Crippen LogP contribution in [0.15, 0.2) is 30.3 Å². The number of esters is 1. The lowest BCUT2D eigenvalue weighted by Gasteiger charge is -2.47. The smallest absolute Gasteiger partial charge is 0.327 e. The summed E-state index contributed by atoms with van der Waals surface area (Å²) in [6, 6.07) is 8.50. The molecule has 14 nitrogen and oxygen atoms in total. The lowest BCUT2D eigenvalue weighted by Crippen LogP contribution is -2.70. The number of guanidine groups is 1. The number of piperazine rings is 1. The van der Waals surface area contributed by atoms with E-state index in [1.807, 2.05) is 25.1 Å². The van der Waals surface area contributed by atoms with E-state index in [0.29, 0.717) is 45.6 Å². The maximum atomic E-state index is 13.1. The number of nitrogens with zero attached hydrogens (tertiary/aromatic N) is 4. The highest BCUT2D eigenvalue weighted by atomic mass is 16.5. The molecule has 4 atom stereocenters. The van der Waals surface area contributed by atoms with Crippen molar-refractivity contribution in [3.8, 4) is 0 Å². The van der Waals surface area contributed by atoms with Gasteiger partial charge in [0.05, 0.1) is 18.4 Å². The van der Waals surface area contributed by atoms with Crippen molar-refractivity contribution in [1.82, 2.24) is 24.9 Å². The van der Waals surface area contributed by atoms with Crippen molar-refractivity contribution in [3.05, 3.63) is 35.9 Å². The minimum atomic E-state index is -1.19. The second-order valence-corrected chi connectivity index (χ2v) is 13.7. The van der Waals surface area contributed by atoms with Crippen LogP contribution in [-0.4, -0.2) is 125 Å². The number of carbonyl (C=O) groups excluding carboxylic acids is 4. The van der Waals surface area contributed by atoms with Gasteiger partial charge in [-0.15, -0.1) is 0 Å². The molecule has 2 unspecified atom stereocenters. The number of nitrogens with two attached hydrogens (primary N) is 1. The van der Waals surface area contributed by atoms with Gasteiger partial charge in [0.1, 0.15) is 0 Å². The van der Waals surface area contributed by atoms with Gasteiger partial charge in [0.25, 0.3) is 0 Å². The van der Waals surface area contributed by atoms with Gasteiger partial charge in [-0.25, -0.2) is 14.5 Å². The highest BCUT2D eigenvalue weighted by Gasteiger charge is 2.56. The van der Waals surface area contributed by atoms with Crippen LogP contribution >= 0.6 is 0 Å². The van der Waals surface area contributed by atoms with Gasteiger partial charge in [0.2, 0.25) is 11.8 Å².